The van der Waals surface area contributed by atoms with Crippen LogP contribution in [-0.2, 0) is 11.4 Å². The summed E-state index contributed by atoms with van der Waals surface area (Å²) in [6.45, 7) is 0.248. The van der Waals surface area contributed by atoms with Gasteiger partial charge < -0.3 is 4.74 Å². The number of hydrogen-bond acceptors (Lipinski definition) is 3. The normalized spacial score (nSPS) is 10.1. The average Bonchev–Trinajstić information content (AvgIpc) is 2.47. The van der Waals surface area contributed by atoms with Gasteiger partial charge in [-0.05, 0) is 29.8 Å². The number of para-hydroxylation sites is 1. The van der Waals surface area contributed by atoms with Gasteiger partial charge in [-0.2, -0.15) is 0 Å². The molecule has 0 fully saturated rings. The molecule has 0 spiro atoms. The second-order valence-electron chi connectivity index (χ2n) is 4.05. The third kappa shape index (κ3) is 3.55. The first-order valence-electron chi connectivity index (χ1n) is 6.00. The third-order valence-electron chi connectivity index (χ3n) is 2.63. The van der Waals surface area contributed by atoms with Crippen molar-refractivity contribution in [1.82, 2.24) is 5.48 Å². The predicted octanol–water partition coefficient (Wildman–Crippen LogP) is 2.70. The van der Waals surface area contributed by atoms with Gasteiger partial charge in [-0.25, -0.2) is 9.87 Å². The quantitative estimate of drug-likeness (QED) is 0.853. The van der Waals surface area contributed by atoms with E-state index in [1.807, 2.05) is 0 Å². The van der Waals surface area contributed by atoms with Crippen LogP contribution in [0, 0.1) is 5.82 Å². The van der Waals surface area contributed by atoms with Crippen LogP contribution >= 0.6 is 0 Å². The number of carbonyl (C=O) groups excluding carboxylic acids is 1. The maximum Gasteiger partial charge on any atom is 0.278 e. The van der Waals surface area contributed by atoms with E-state index in [1.54, 1.807) is 36.4 Å². The van der Waals surface area contributed by atoms with Crippen LogP contribution in [0.5, 0.6) is 5.75 Å². The van der Waals surface area contributed by atoms with E-state index in [2.05, 4.69) is 10.3 Å². The minimum Gasteiger partial charge on any atom is -0.488 e. The summed E-state index contributed by atoms with van der Waals surface area (Å²) in [6.07, 6.45) is 0. The van der Waals surface area contributed by atoms with Gasteiger partial charge in [-0.3, -0.25) is 9.63 Å². The highest BCUT2D eigenvalue weighted by Crippen LogP contribution is 2.19. The van der Waals surface area contributed by atoms with E-state index in [1.165, 1.54) is 19.2 Å². The Labute approximate surface area is 116 Å². The summed E-state index contributed by atoms with van der Waals surface area (Å²) in [4.78, 5) is 16.3. The summed E-state index contributed by atoms with van der Waals surface area (Å²) < 4.78 is 18.4. The third-order valence-corrected chi connectivity index (χ3v) is 2.63. The van der Waals surface area contributed by atoms with Crippen molar-refractivity contribution in [3.05, 3.63) is 65.5 Å². The first-order valence-corrected chi connectivity index (χ1v) is 6.00. The fraction of sp³-hybridized carbons (Fsp3) is 0.133. The van der Waals surface area contributed by atoms with Gasteiger partial charge in [-0.1, -0.05) is 24.3 Å². The molecule has 4 nitrogen and oxygen atoms in total. The van der Waals surface area contributed by atoms with Crippen molar-refractivity contribution in [1.29, 1.82) is 0 Å². The summed E-state index contributed by atoms with van der Waals surface area (Å²) in [5.41, 5.74) is 3.42. The molecule has 1 amide bonds. The molecule has 0 heterocycles. The lowest BCUT2D eigenvalue weighted by Crippen LogP contribution is -2.22. The summed E-state index contributed by atoms with van der Waals surface area (Å²) >= 11 is 0. The number of hydroxylamine groups is 1. The Hall–Kier alpha value is -2.40. The molecule has 20 heavy (non-hydrogen) atoms. The number of ether oxygens (including phenoxy) is 1. The zero-order chi connectivity index (χ0) is 14.4. The van der Waals surface area contributed by atoms with Crippen molar-refractivity contribution in [2.75, 3.05) is 7.11 Å². The number of halogens is 1. The van der Waals surface area contributed by atoms with Gasteiger partial charge in [0.2, 0.25) is 0 Å². The first kappa shape index (κ1) is 14.0. The molecule has 0 bridgehead atoms. The van der Waals surface area contributed by atoms with Crippen LogP contribution in [-0.4, -0.2) is 13.0 Å². The topological polar surface area (TPSA) is 47.6 Å². The summed E-state index contributed by atoms with van der Waals surface area (Å²) in [5, 5.41) is 0. The zero-order valence-electron chi connectivity index (χ0n) is 10.9. The molecule has 0 radical (unpaired) electrons. The molecule has 0 aliphatic heterocycles. The Morgan fingerprint density at radius 1 is 1.15 bits per heavy atom. The van der Waals surface area contributed by atoms with Crippen LogP contribution in [0.3, 0.4) is 0 Å². The predicted molar refractivity (Wildman–Crippen MR) is 71.6 cm³/mol. The van der Waals surface area contributed by atoms with Gasteiger partial charge in [0.1, 0.15) is 18.2 Å². The first-order chi connectivity index (χ1) is 9.70. The van der Waals surface area contributed by atoms with Crippen LogP contribution in [0.4, 0.5) is 4.39 Å². The largest absolute Gasteiger partial charge is 0.488 e. The van der Waals surface area contributed by atoms with Gasteiger partial charge >= 0.3 is 0 Å². The number of nitrogens with one attached hydrogen (secondary N) is 1. The number of rotatable bonds is 5. The molecule has 1 N–H and O–H groups in total. The number of hydrogen-bond donors (Lipinski definition) is 1. The number of amides is 1. The Balaban J connectivity index is 2.09. The van der Waals surface area contributed by atoms with E-state index in [9.17, 15) is 9.18 Å². The van der Waals surface area contributed by atoms with Crippen molar-refractivity contribution >= 4 is 5.91 Å². The Morgan fingerprint density at radius 2 is 1.85 bits per heavy atom. The zero-order valence-corrected chi connectivity index (χ0v) is 10.9. The van der Waals surface area contributed by atoms with E-state index < -0.39 is 0 Å². The molecule has 2 rings (SSSR count). The summed E-state index contributed by atoms with van der Waals surface area (Å²) in [5.74, 6) is -0.248. The van der Waals surface area contributed by atoms with E-state index in [0.29, 0.717) is 11.3 Å². The summed E-state index contributed by atoms with van der Waals surface area (Å²) in [6, 6.07) is 12.8. The molecule has 2 aromatic rings. The van der Waals surface area contributed by atoms with E-state index in [0.717, 1.165) is 5.56 Å². The second kappa shape index (κ2) is 6.68. The van der Waals surface area contributed by atoms with Crippen molar-refractivity contribution in [2.45, 2.75) is 6.61 Å². The minimum atomic E-state index is -0.387. The molecule has 0 aliphatic rings. The molecule has 0 aromatic heterocycles. The molecule has 0 atom stereocenters. The van der Waals surface area contributed by atoms with Crippen LogP contribution < -0.4 is 10.2 Å². The minimum absolute atomic E-state index is 0.248. The molecule has 2 aromatic carbocycles. The molecular formula is C15H14FNO3. The summed E-state index contributed by atoms with van der Waals surface area (Å²) in [7, 11) is 1.36. The molecule has 5 heteroatoms. The van der Waals surface area contributed by atoms with Crippen LogP contribution in [0.1, 0.15) is 15.9 Å². The van der Waals surface area contributed by atoms with E-state index >= 15 is 0 Å². The Morgan fingerprint density at radius 3 is 2.55 bits per heavy atom. The molecular weight excluding hydrogens is 261 g/mol. The average molecular weight is 275 g/mol. The molecule has 0 aliphatic carbocycles. The van der Waals surface area contributed by atoms with Gasteiger partial charge in [0.15, 0.2) is 0 Å². The highest BCUT2D eigenvalue weighted by atomic mass is 19.1. The van der Waals surface area contributed by atoms with Gasteiger partial charge in [0.25, 0.3) is 5.91 Å². The lowest BCUT2D eigenvalue weighted by atomic mass is 10.2. The smallest absolute Gasteiger partial charge is 0.278 e. The van der Waals surface area contributed by atoms with Crippen molar-refractivity contribution in [2.24, 2.45) is 0 Å². The SMILES string of the molecule is CONC(=O)c1ccccc1OCc1ccc(F)cc1. The van der Waals surface area contributed by atoms with Gasteiger partial charge in [-0.15, -0.1) is 0 Å². The highest BCUT2D eigenvalue weighted by molar-refractivity contribution is 5.96. The standard InChI is InChI=1S/C15H14FNO3/c1-19-17-15(18)13-4-2-3-5-14(13)20-10-11-6-8-12(16)9-7-11/h2-9H,10H2,1H3,(H,17,18). The van der Waals surface area contributed by atoms with Gasteiger partial charge in [0.05, 0.1) is 12.7 Å². The second-order valence-corrected chi connectivity index (χ2v) is 4.05. The van der Waals surface area contributed by atoms with Crippen LogP contribution in [0.2, 0.25) is 0 Å². The molecule has 0 saturated carbocycles. The number of benzene rings is 2. The maximum absolute atomic E-state index is 12.8. The van der Waals surface area contributed by atoms with E-state index in [-0.39, 0.29) is 18.3 Å². The van der Waals surface area contributed by atoms with Gasteiger partial charge in [0, 0.05) is 0 Å². The lowest BCUT2D eigenvalue weighted by molar-refractivity contribution is 0.0533. The van der Waals surface area contributed by atoms with E-state index in [4.69, 9.17) is 4.74 Å². The van der Waals surface area contributed by atoms with Crippen LogP contribution in [0.15, 0.2) is 48.5 Å². The Kier molecular flexibility index (Phi) is 4.68. The molecule has 0 unspecified atom stereocenters. The fourth-order valence-corrected chi connectivity index (χ4v) is 1.67. The van der Waals surface area contributed by atoms with Crippen LogP contribution in [0.25, 0.3) is 0 Å². The Bertz CT molecular complexity index is 584. The molecule has 0 saturated heterocycles. The lowest BCUT2D eigenvalue weighted by Gasteiger charge is -2.11. The molecule has 104 valence electrons. The highest BCUT2D eigenvalue weighted by Gasteiger charge is 2.11. The van der Waals surface area contributed by atoms with Crippen molar-refractivity contribution in [3.8, 4) is 5.75 Å². The number of carbonyl (C=O) groups is 1. The van der Waals surface area contributed by atoms with Crippen molar-refractivity contribution in [3.63, 3.8) is 0 Å². The monoisotopic (exact) mass is 275 g/mol. The maximum atomic E-state index is 12.8. The fourth-order valence-electron chi connectivity index (χ4n) is 1.67. The van der Waals surface area contributed by atoms with Crippen molar-refractivity contribution < 1.29 is 18.8 Å².